The van der Waals surface area contributed by atoms with Crippen LogP contribution in [0.4, 0.5) is 26.3 Å². The Morgan fingerprint density at radius 2 is 1.83 bits per heavy atom. The minimum atomic E-state index is -4.34. The first kappa shape index (κ1) is 24.3. The van der Waals surface area contributed by atoms with E-state index in [-0.39, 0.29) is 12.6 Å². The predicted octanol–water partition coefficient (Wildman–Crippen LogP) is 2.94. The number of aliphatic imine (C=N–C) groups is 1. The molecule has 0 bridgehead atoms. The fourth-order valence-electron chi connectivity index (χ4n) is 3.29. The summed E-state index contributed by atoms with van der Waals surface area (Å²) in [4.78, 5) is 7.41. The molecule has 2 N–H and O–H groups in total. The topological polar surface area (TPSA) is 42.9 Å². The van der Waals surface area contributed by atoms with E-state index in [1.165, 1.54) is 24.1 Å². The second kappa shape index (κ2) is 10.3. The van der Waals surface area contributed by atoms with Gasteiger partial charge in [-0.1, -0.05) is 12.1 Å². The lowest BCUT2D eigenvalue weighted by Crippen LogP contribution is -2.46. The number of rotatable bonds is 7. The lowest BCUT2D eigenvalue weighted by Gasteiger charge is -2.21. The molecule has 5 nitrogen and oxygen atoms in total. The molecule has 0 saturated carbocycles. The third-order valence-corrected chi connectivity index (χ3v) is 4.76. The Balaban J connectivity index is 1.74. The molecule has 1 atom stereocenters. The first-order valence-corrected chi connectivity index (χ1v) is 9.57. The highest BCUT2D eigenvalue weighted by Gasteiger charge is 2.30. The summed E-state index contributed by atoms with van der Waals surface area (Å²) in [5.41, 5.74) is 0.141. The Morgan fingerprint density at radius 1 is 1.17 bits per heavy atom. The summed E-state index contributed by atoms with van der Waals surface area (Å²) in [6.07, 6.45) is -7.74. The van der Waals surface area contributed by atoms with Gasteiger partial charge in [0.15, 0.2) is 5.96 Å². The largest absolute Gasteiger partial charge is 0.416 e. The second-order valence-electron chi connectivity index (χ2n) is 7.41. The average molecular weight is 439 g/mol. The van der Waals surface area contributed by atoms with Crippen molar-refractivity contribution in [2.75, 3.05) is 46.8 Å². The molecule has 1 heterocycles. The number of likely N-dealkylation sites (N-methyl/N-ethyl adjacent to an activating group) is 1. The molecule has 0 aliphatic carbocycles. The molecule has 0 radical (unpaired) electrons. The molecule has 0 spiro atoms. The van der Waals surface area contributed by atoms with E-state index in [0.717, 1.165) is 30.7 Å². The Morgan fingerprint density at radius 3 is 2.40 bits per heavy atom. The summed E-state index contributed by atoms with van der Waals surface area (Å²) >= 11 is 0. The van der Waals surface area contributed by atoms with Crippen molar-refractivity contribution in [1.29, 1.82) is 0 Å². The summed E-state index contributed by atoms with van der Waals surface area (Å²) in [5, 5.41) is 6.24. The molecule has 2 rings (SSSR count). The molecule has 0 amide bonds. The van der Waals surface area contributed by atoms with E-state index in [9.17, 15) is 26.3 Å². The van der Waals surface area contributed by atoms with Gasteiger partial charge in [0.1, 0.15) is 0 Å². The lowest BCUT2D eigenvalue weighted by molar-refractivity contribution is -0.142. The van der Waals surface area contributed by atoms with E-state index in [1.807, 2.05) is 0 Å². The third kappa shape index (κ3) is 8.39. The summed E-state index contributed by atoms with van der Waals surface area (Å²) in [6.45, 7) is 1.58. The van der Waals surface area contributed by atoms with Crippen LogP contribution in [-0.2, 0) is 12.7 Å². The predicted molar refractivity (Wildman–Crippen MR) is 103 cm³/mol. The first-order valence-electron chi connectivity index (χ1n) is 9.57. The van der Waals surface area contributed by atoms with Crippen LogP contribution in [0.1, 0.15) is 17.5 Å². The van der Waals surface area contributed by atoms with Gasteiger partial charge in [0.05, 0.1) is 12.1 Å². The van der Waals surface area contributed by atoms with Crippen molar-refractivity contribution >= 4 is 5.96 Å². The van der Waals surface area contributed by atoms with Crippen LogP contribution in [0.15, 0.2) is 29.3 Å². The zero-order chi connectivity index (χ0) is 22.4. The first-order chi connectivity index (χ1) is 14.0. The zero-order valence-electron chi connectivity index (χ0n) is 16.9. The third-order valence-electron chi connectivity index (χ3n) is 4.76. The fraction of sp³-hybridized carbons (Fsp3) is 0.632. The number of guanidine groups is 1. The summed E-state index contributed by atoms with van der Waals surface area (Å²) in [5.74, 6) is 0.511. The second-order valence-corrected chi connectivity index (χ2v) is 7.41. The molecular formula is C19H27F6N5. The Hall–Kier alpha value is -2.01. The number of benzene rings is 1. The van der Waals surface area contributed by atoms with E-state index >= 15 is 0 Å². The van der Waals surface area contributed by atoms with E-state index in [4.69, 9.17) is 0 Å². The number of nitrogens with zero attached hydrogens (tertiary/aromatic N) is 3. The number of likely N-dealkylation sites (tertiary alicyclic amines) is 1. The van der Waals surface area contributed by atoms with Crippen molar-refractivity contribution in [3.8, 4) is 0 Å². The van der Waals surface area contributed by atoms with Gasteiger partial charge >= 0.3 is 12.4 Å². The zero-order valence-corrected chi connectivity index (χ0v) is 16.9. The van der Waals surface area contributed by atoms with E-state index in [1.54, 1.807) is 7.05 Å². The SMILES string of the molecule is CN=C(NCCN(C)CC(F)(F)F)NC1CCN(Cc2ccc(C(F)(F)F)cc2)C1. The van der Waals surface area contributed by atoms with Crippen molar-refractivity contribution in [2.24, 2.45) is 4.99 Å². The van der Waals surface area contributed by atoms with Crippen molar-refractivity contribution < 1.29 is 26.3 Å². The molecule has 1 aromatic rings. The normalized spacial score (nSPS) is 18.8. The van der Waals surface area contributed by atoms with E-state index in [2.05, 4.69) is 20.5 Å². The highest BCUT2D eigenvalue weighted by atomic mass is 19.4. The molecule has 1 aliphatic rings. The molecule has 1 aliphatic heterocycles. The molecule has 1 aromatic carbocycles. The van der Waals surface area contributed by atoms with Gasteiger partial charge in [-0.05, 0) is 31.2 Å². The summed E-state index contributed by atoms with van der Waals surface area (Å²) in [7, 11) is 2.99. The van der Waals surface area contributed by atoms with E-state index in [0.29, 0.717) is 25.6 Å². The molecule has 170 valence electrons. The molecular weight excluding hydrogens is 412 g/mol. The number of nitrogens with one attached hydrogen (secondary N) is 2. The van der Waals surface area contributed by atoms with Crippen LogP contribution in [0.2, 0.25) is 0 Å². The number of hydrogen-bond acceptors (Lipinski definition) is 3. The number of hydrogen-bond donors (Lipinski definition) is 2. The van der Waals surface area contributed by atoms with Crippen molar-refractivity contribution in [3.63, 3.8) is 0 Å². The molecule has 1 fully saturated rings. The van der Waals surface area contributed by atoms with Crippen LogP contribution in [0.5, 0.6) is 0 Å². The van der Waals surface area contributed by atoms with E-state index < -0.39 is 24.5 Å². The maximum Gasteiger partial charge on any atom is 0.416 e. The standard InChI is InChI=1S/C19H27F6N5/c1-26-17(27-8-10-29(2)13-18(20,21)22)28-16-7-9-30(12-16)11-14-3-5-15(6-4-14)19(23,24)25/h3-6,16H,7-13H2,1-2H3,(H2,26,27,28). The van der Waals surface area contributed by atoms with Gasteiger partial charge in [-0.25, -0.2) is 0 Å². The van der Waals surface area contributed by atoms with Gasteiger partial charge in [0, 0.05) is 45.8 Å². The average Bonchev–Trinajstić information content (AvgIpc) is 3.06. The minimum absolute atomic E-state index is 0.0959. The number of alkyl halides is 6. The minimum Gasteiger partial charge on any atom is -0.355 e. The van der Waals surface area contributed by atoms with Crippen LogP contribution in [-0.4, -0.2) is 74.8 Å². The van der Waals surface area contributed by atoms with Crippen LogP contribution >= 0.6 is 0 Å². The summed E-state index contributed by atoms with van der Waals surface area (Å²) < 4.78 is 75.0. The molecule has 11 heteroatoms. The Bertz CT molecular complexity index is 686. The number of halogens is 6. The maximum atomic E-state index is 12.6. The van der Waals surface area contributed by atoms with Crippen LogP contribution < -0.4 is 10.6 Å². The van der Waals surface area contributed by atoms with Crippen molar-refractivity contribution in [2.45, 2.75) is 31.4 Å². The van der Waals surface area contributed by atoms with Crippen LogP contribution in [0.25, 0.3) is 0 Å². The van der Waals surface area contributed by atoms with Gasteiger partial charge in [-0.2, -0.15) is 26.3 Å². The van der Waals surface area contributed by atoms with Gasteiger partial charge in [0.25, 0.3) is 0 Å². The highest BCUT2D eigenvalue weighted by molar-refractivity contribution is 5.80. The van der Waals surface area contributed by atoms with Crippen LogP contribution in [0, 0.1) is 0 Å². The lowest BCUT2D eigenvalue weighted by atomic mass is 10.1. The fourth-order valence-corrected chi connectivity index (χ4v) is 3.29. The monoisotopic (exact) mass is 439 g/mol. The van der Waals surface area contributed by atoms with Crippen molar-refractivity contribution in [1.82, 2.24) is 20.4 Å². The molecule has 1 saturated heterocycles. The van der Waals surface area contributed by atoms with Crippen LogP contribution in [0.3, 0.4) is 0 Å². The van der Waals surface area contributed by atoms with Gasteiger partial charge in [0.2, 0.25) is 0 Å². The molecule has 30 heavy (non-hydrogen) atoms. The highest BCUT2D eigenvalue weighted by Crippen LogP contribution is 2.29. The quantitative estimate of drug-likeness (QED) is 0.390. The smallest absolute Gasteiger partial charge is 0.355 e. The maximum absolute atomic E-state index is 12.6. The molecule has 1 unspecified atom stereocenters. The Labute approximate surface area is 172 Å². The summed E-state index contributed by atoms with van der Waals surface area (Å²) in [6, 6.07) is 5.24. The van der Waals surface area contributed by atoms with Gasteiger partial charge < -0.3 is 10.6 Å². The van der Waals surface area contributed by atoms with Gasteiger partial charge in [-0.15, -0.1) is 0 Å². The molecule has 0 aromatic heterocycles. The van der Waals surface area contributed by atoms with Crippen molar-refractivity contribution in [3.05, 3.63) is 35.4 Å². The Kier molecular flexibility index (Phi) is 8.36. The van der Waals surface area contributed by atoms with Gasteiger partial charge in [-0.3, -0.25) is 14.8 Å².